The third kappa shape index (κ3) is 20.3. The zero-order valence-corrected chi connectivity index (χ0v) is 69.0. The van der Waals surface area contributed by atoms with Crippen molar-refractivity contribution < 1.29 is 9.47 Å². The van der Waals surface area contributed by atoms with Gasteiger partial charge in [0.25, 0.3) is 0 Å². The number of nitrogens with zero attached hydrogens (tertiary/aromatic N) is 10. The Hall–Kier alpha value is -14.1. The average molecular weight is 1570 g/mol. The Morgan fingerprint density at radius 2 is 0.483 bits per heavy atom. The largest absolute Gasteiger partial charge is 0.457 e. The molecule has 0 bridgehead atoms. The molecule has 0 aliphatic heterocycles. The minimum atomic E-state index is 0.715. The van der Waals surface area contributed by atoms with Gasteiger partial charge in [-0.25, -0.2) is 9.97 Å². The Morgan fingerprint density at radius 3 is 0.808 bits per heavy atom. The molecule has 2 aliphatic carbocycles. The van der Waals surface area contributed by atoms with E-state index < -0.39 is 0 Å². The normalized spacial score (nSPS) is 12.7. The van der Waals surface area contributed by atoms with E-state index in [-0.39, 0.29) is 0 Å². The topological polar surface area (TPSA) is 128 Å². The van der Waals surface area contributed by atoms with Crippen LogP contribution in [-0.4, -0.2) is 39.9 Å². The molecule has 9 aromatic carbocycles. The lowest BCUT2D eigenvalue weighted by molar-refractivity contribution is 0.443. The van der Waals surface area contributed by atoms with Crippen molar-refractivity contribution in [3.63, 3.8) is 0 Å². The molecule has 8 aromatic heterocycles. The Bertz CT molecular complexity index is 5790. The Labute approximate surface area is 705 Å². The number of ether oxygens (including phenoxy) is 2. The number of benzene rings is 9. The van der Waals surface area contributed by atoms with Crippen molar-refractivity contribution in [3.8, 4) is 79.7 Å². The van der Waals surface area contributed by atoms with Crippen LogP contribution in [0.4, 0.5) is 34.1 Å². The fourth-order valence-electron chi connectivity index (χ4n) is 16.2. The smallest absolute Gasteiger partial charge is 0.131 e. The molecule has 8 heterocycles. The van der Waals surface area contributed by atoms with Gasteiger partial charge in [-0.3, -0.25) is 29.9 Å². The number of rotatable bonds is 17. The molecule has 120 heavy (non-hydrogen) atoms. The first-order valence-corrected chi connectivity index (χ1v) is 41.9. The van der Waals surface area contributed by atoms with E-state index in [4.69, 9.17) is 39.4 Å². The molecule has 2 fully saturated rings. The third-order valence-corrected chi connectivity index (χ3v) is 21.8. The van der Waals surface area contributed by atoms with Gasteiger partial charge >= 0.3 is 0 Å². The van der Waals surface area contributed by atoms with E-state index in [1.165, 1.54) is 75.3 Å². The van der Waals surface area contributed by atoms with Crippen molar-refractivity contribution in [3.05, 3.63) is 397 Å². The molecule has 12 heteroatoms. The van der Waals surface area contributed by atoms with Gasteiger partial charge in [-0.15, -0.1) is 0 Å². The Balaban J connectivity index is 0.000000121. The second kappa shape index (κ2) is 38.3. The monoisotopic (exact) mass is 1570 g/mol. The molecule has 0 N–H and O–H groups in total. The number of hydrogen-bond acceptors (Lipinski definition) is 12. The number of pyridine rings is 8. The van der Waals surface area contributed by atoms with E-state index >= 15 is 0 Å². The van der Waals surface area contributed by atoms with E-state index in [1.54, 1.807) is 0 Å². The van der Waals surface area contributed by atoms with Crippen LogP contribution < -0.4 is 19.3 Å². The van der Waals surface area contributed by atoms with Gasteiger partial charge in [0, 0.05) is 103 Å². The predicted molar refractivity (Wildman–Crippen MR) is 493 cm³/mol. The van der Waals surface area contributed by atoms with Crippen LogP contribution in [0.5, 0.6) is 23.0 Å². The van der Waals surface area contributed by atoms with Crippen LogP contribution in [0.3, 0.4) is 0 Å². The third-order valence-electron chi connectivity index (χ3n) is 21.8. The molecule has 0 radical (unpaired) electrons. The summed E-state index contributed by atoms with van der Waals surface area (Å²) in [6.45, 7) is 12.2. The van der Waals surface area contributed by atoms with Crippen molar-refractivity contribution >= 4 is 55.9 Å². The highest BCUT2D eigenvalue weighted by Gasteiger charge is 2.23. The highest BCUT2D eigenvalue weighted by atomic mass is 16.5. The minimum Gasteiger partial charge on any atom is -0.457 e. The van der Waals surface area contributed by atoms with Gasteiger partial charge in [0.1, 0.15) is 23.0 Å². The maximum absolute atomic E-state index is 5.98. The molecule has 0 atom stereocenters. The van der Waals surface area contributed by atoms with E-state index in [0.717, 1.165) is 170 Å². The van der Waals surface area contributed by atoms with Gasteiger partial charge in [-0.1, -0.05) is 233 Å². The van der Waals surface area contributed by atoms with Crippen LogP contribution in [0.1, 0.15) is 121 Å². The fourth-order valence-corrected chi connectivity index (χ4v) is 16.2. The zero-order valence-electron chi connectivity index (χ0n) is 69.0. The van der Waals surface area contributed by atoms with Crippen LogP contribution in [0.25, 0.3) is 78.5 Å². The standard InChI is InChI=1S/C36H30N4.C24H20N2O2.C24H16N2.C24H32N2/c1-27-23-33(39(29-15-7-3-8-16-29)30-17-9-4-10-18-30)25-35(37-27)36-26-34(24-28(2)38-36)40(31-19-11-5-12-20-31)32-21-13-6-14-22-32;1-17-13-21(27-19-9-5-3-6-10-19)15-23(25-17)24-16-22(14-18(2)26-24)28-20-11-7-4-8-12-20;1-3-7-17(8-4-1)21-15-13-19-11-12-20-14-16-22(18-9-5-2-6-10-18)26-24(20)23(19)25-21;1-17-13-21(19-9-5-3-6-10-19)15-23(25-17)24-16-22(14-18(2)26-24)20-11-7-4-8-12-20/h3-26H,1-2H3;3-16H,1-2H3;1-16H;13-16,19-20H,3-12H2,1-2H3. The molecule has 0 saturated heterocycles. The lowest BCUT2D eigenvalue weighted by Crippen LogP contribution is -2.12. The quantitative estimate of drug-likeness (QED) is 0.0805. The highest BCUT2D eigenvalue weighted by molar-refractivity contribution is 6.04. The van der Waals surface area contributed by atoms with Crippen molar-refractivity contribution in [2.45, 2.75) is 118 Å². The van der Waals surface area contributed by atoms with E-state index in [2.05, 4.69) is 240 Å². The number of fused-ring (bicyclic) bond motifs is 3. The lowest BCUT2D eigenvalue weighted by Gasteiger charge is -2.27. The number of aromatic nitrogens is 8. The summed E-state index contributed by atoms with van der Waals surface area (Å²) in [5, 5.41) is 2.21. The van der Waals surface area contributed by atoms with Crippen molar-refractivity contribution in [2.75, 3.05) is 9.80 Å². The molecule has 592 valence electrons. The van der Waals surface area contributed by atoms with Crippen molar-refractivity contribution in [2.24, 2.45) is 0 Å². The molecule has 2 saturated carbocycles. The Kier molecular flexibility index (Phi) is 25.5. The van der Waals surface area contributed by atoms with Crippen LogP contribution >= 0.6 is 0 Å². The number of anilines is 6. The van der Waals surface area contributed by atoms with Gasteiger partial charge in [0.05, 0.1) is 68.0 Å². The first-order valence-electron chi connectivity index (χ1n) is 41.9. The maximum atomic E-state index is 5.98. The van der Waals surface area contributed by atoms with Gasteiger partial charge in [0.15, 0.2) is 0 Å². The number of para-hydroxylation sites is 6. The first-order chi connectivity index (χ1) is 58.9. The molecule has 19 rings (SSSR count). The summed E-state index contributed by atoms with van der Waals surface area (Å²) in [7, 11) is 0. The summed E-state index contributed by atoms with van der Waals surface area (Å²) in [5.74, 6) is 4.44. The zero-order chi connectivity index (χ0) is 81.9. The molecule has 12 nitrogen and oxygen atoms in total. The first kappa shape index (κ1) is 79.7. The molecule has 0 spiro atoms. The molecule has 0 unspecified atom stereocenters. The summed E-state index contributed by atoms with van der Waals surface area (Å²) in [6.07, 6.45) is 13.6. The molecular formula is C108H98N10O2. The van der Waals surface area contributed by atoms with Crippen LogP contribution in [-0.2, 0) is 0 Å². The van der Waals surface area contributed by atoms with Gasteiger partial charge < -0.3 is 19.3 Å². The van der Waals surface area contributed by atoms with Gasteiger partial charge in [0.2, 0.25) is 0 Å². The second-order valence-electron chi connectivity index (χ2n) is 31.1. The van der Waals surface area contributed by atoms with Gasteiger partial charge in [-0.2, -0.15) is 0 Å². The summed E-state index contributed by atoms with van der Waals surface area (Å²) in [5.41, 5.74) is 26.6. The maximum Gasteiger partial charge on any atom is 0.131 e. The molecule has 0 amide bonds. The Morgan fingerprint density at radius 1 is 0.217 bits per heavy atom. The average Bonchev–Trinajstić information content (AvgIpc) is 0.718. The summed E-state index contributed by atoms with van der Waals surface area (Å²) in [6, 6.07) is 120. The van der Waals surface area contributed by atoms with Crippen LogP contribution in [0, 0.1) is 41.5 Å². The van der Waals surface area contributed by atoms with E-state index in [1.807, 2.05) is 173 Å². The molecular weight excluding hydrogens is 1470 g/mol. The summed E-state index contributed by atoms with van der Waals surface area (Å²) in [4.78, 5) is 43.3. The SMILES string of the molecule is Cc1cc(C2CCCCC2)cc(-c2cc(C3CCCCC3)cc(C)n2)n1.Cc1cc(N(c2ccccc2)c2ccccc2)cc(-c2cc(N(c3ccccc3)c3ccccc3)cc(C)n2)n1.Cc1cc(Oc2ccccc2)cc(-c2cc(Oc3ccccc3)cc(C)n2)n1.c1ccc(-c2ccc3ccc4ccc(-c5ccccc5)nc4c3n2)cc1. The number of hydrogen-bond donors (Lipinski definition) is 0. The predicted octanol–water partition coefficient (Wildman–Crippen LogP) is 29.0. The summed E-state index contributed by atoms with van der Waals surface area (Å²) < 4.78 is 12.0. The number of aryl methyl sites for hydroxylation is 6. The second-order valence-corrected chi connectivity index (χ2v) is 31.1. The van der Waals surface area contributed by atoms with Crippen LogP contribution in [0.15, 0.2) is 352 Å². The van der Waals surface area contributed by atoms with E-state index in [0.29, 0.717) is 11.8 Å². The van der Waals surface area contributed by atoms with Crippen molar-refractivity contribution in [1.29, 1.82) is 0 Å². The molecule has 17 aromatic rings. The van der Waals surface area contributed by atoms with Crippen molar-refractivity contribution in [1.82, 2.24) is 39.9 Å². The fraction of sp³-hybridized carbons (Fsp3) is 0.167. The van der Waals surface area contributed by atoms with Gasteiger partial charge in [-0.05, 0) is 224 Å². The lowest BCUT2D eigenvalue weighted by atomic mass is 9.83. The highest BCUT2D eigenvalue weighted by Crippen LogP contribution is 2.42. The molecule has 2 aliphatic rings. The van der Waals surface area contributed by atoms with Crippen LogP contribution in [0.2, 0.25) is 0 Å². The summed E-state index contributed by atoms with van der Waals surface area (Å²) >= 11 is 0. The van der Waals surface area contributed by atoms with E-state index in [9.17, 15) is 0 Å². The minimum absolute atomic E-state index is 0.715.